The number of nitrogens with zero attached hydrogens (tertiary/aromatic N) is 3. The molecule has 5 heteroatoms. The fraction of sp³-hybridized carbons (Fsp3) is 0.700. The second-order valence-electron chi connectivity index (χ2n) is 7.67. The number of carbonyl (C=O) groups excluding carboxylic acids is 1. The van der Waals surface area contributed by atoms with Crippen molar-refractivity contribution in [2.45, 2.75) is 64.3 Å². The van der Waals surface area contributed by atoms with Gasteiger partial charge in [0, 0.05) is 31.9 Å². The summed E-state index contributed by atoms with van der Waals surface area (Å²) >= 11 is 6.04. The number of amides is 1. The Kier molecular flexibility index (Phi) is 6.57. The zero-order valence-electron chi connectivity index (χ0n) is 15.3. The van der Waals surface area contributed by atoms with Crippen LogP contribution in [0.4, 0.5) is 5.82 Å². The third-order valence-electron chi connectivity index (χ3n) is 5.81. The fourth-order valence-corrected chi connectivity index (χ4v) is 4.64. The molecule has 1 aromatic rings. The molecule has 2 aliphatic rings. The summed E-state index contributed by atoms with van der Waals surface area (Å²) in [6, 6.07) is 2.47. The van der Waals surface area contributed by atoms with Crippen LogP contribution in [0.15, 0.2) is 12.3 Å². The van der Waals surface area contributed by atoms with E-state index >= 15 is 0 Å². The van der Waals surface area contributed by atoms with Crippen molar-refractivity contribution in [3.63, 3.8) is 0 Å². The van der Waals surface area contributed by atoms with Gasteiger partial charge in [0.05, 0.1) is 5.02 Å². The van der Waals surface area contributed by atoms with E-state index in [0.717, 1.165) is 43.8 Å². The molecule has 1 aromatic heterocycles. The number of halogens is 1. The first-order valence-electron chi connectivity index (χ1n) is 9.75. The molecule has 2 fully saturated rings. The molecular formula is C20H30ClN3O. The van der Waals surface area contributed by atoms with Crippen molar-refractivity contribution >= 4 is 23.8 Å². The molecule has 3 rings (SSSR count). The summed E-state index contributed by atoms with van der Waals surface area (Å²) in [5.41, 5.74) is 1.14. The second kappa shape index (κ2) is 8.88. The van der Waals surface area contributed by atoms with Gasteiger partial charge in [0.25, 0.3) is 0 Å². The maximum atomic E-state index is 11.5. The summed E-state index contributed by atoms with van der Waals surface area (Å²) in [5, 5.41) is 0.698. The number of aryl methyl sites for hydroxylation is 1. The van der Waals surface area contributed by atoms with Gasteiger partial charge >= 0.3 is 0 Å². The second-order valence-corrected chi connectivity index (χ2v) is 8.11. The SMILES string of the molecule is Cc1cc(Cl)cnc1N1CCCC(CCN(C=O)C2CCCCC2)C1. The van der Waals surface area contributed by atoms with E-state index in [1.54, 1.807) is 6.20 Å². The first kappa shape index (κ1) is 18.5. The summed E-state index contributed by atoms with van der Waals surface area (Å²) in [6.07, 6.45) is 12.6. The van der Waals surface area contributed by atoms with Crippen molar-refractivity contribution in [2.75, 3.05) is 24.5 Å². The molecular weight excluding hydrogens is 334 g/mol. The molecule has 0 spiro atoms. The van der Waals surface area contributed by atoms with Gasteiger partial charge in [-0.2, -0.15) is 0 Å². The number of aromatic nitrogens is 1. The lowest BCUT2D eigenvalue weighted by Crippen LogP contribution is -2.40. The Morgan fingerprint density at radius 1 is 1.28 bits per heavy atom. The van der Waals surface area contributed by atoms with Crippen molar-refractivity contribution in [1.29, 1.82) is 0 Å². The van der Waals surface area contributed by atoms with Crippen LogP contribution in [-0.4, -0.2) is 42.0 Å². The zero-order valence-corrected chi connectivity index (χ0v) is 16.0. The maximum absolute atomic E-state index is 11.5. The summed E-state index contributed by atoms with van der Waals surface area (Å²) in [6.45, 7) is 5.08. The molecule has 0 radical (unpaired) electrons. The average Bonchev–Trinajstić information content (AvgIpc) is 2.63. The van der Waals surface area contributed by atoms with Gasteiger partial charge in [-0.25, -0.2) is 4.98 Å². The molecule has 25 heavy (non-hydrogen) atoms. The van der Waals surface area contributed by atoms with Gasteiger partial charge in [-0.1, -0.05) is 30.9 Å². The standard InChI is InChI=1S/C20H30ClN3O/c1-16-12-18(21)13-22-20(16)23-10-5-6-17(14-23)9-11-24(15-25)19-7-3-2-4-8-19/h12-13,15,17,19H,2-11,14H2,1H3. The number of carbonyl (C=O) groups is 1. The first-order valence-corrected chi connectivity index (χ1v) is 10.1. The van der Waals surface area contributed by atoms with Crippen molar-refractivity contribution in [3.8, 4) is 0 Å². The third-order valence-corrected chi connectivity index (χ3v) is 6.02. The van der Waals surface area contributed by atoms with Crippen LogP contribution in [0.3, 0.4) is 0 Å². The number of hydrogen-bond donors (Lipinski definition) is 0. The smallest absolute Gasteiger partial charge is 0.209 e. The molecule has 1 aliphatic carbocycles. The number of pyridine rings is 1. The Labute approximate surface area is 156 Å². The largest absolute Gasteiger partial charge is 0.356 e. The summed E-state index contributed by atoms with van der Waals surface area (Å²) in [7, 11) is 0. The Hall–Kier alpha value is -1.29. The number of piperidine rings is 1. The third kappa shape index (κ3) is 4.87. The lowest BCUT2D eigenvalue weighted by atomic mass is 9.92. The maximum Gasteiger partial charge on any atom is 0.209 e. The molecule has 0 aromatic carbocycles. The van der Waals surface area contributed by atoms with Crippen LogP contribution >= 0.6 is 11.6 Å². The van der Waals surface area contributed by atoms with Crippen LogP contribution in [0.5, 0.6) is 0 Å². The Bertz CT molecular complexity index is 574. The number of rotatable bonds is 6. The van der Waals surface area contributed by atoms with E-state index in [-0.39, 0.29) is 0 Å². The van der Waals surface area contributed by atoms with Gasteiger partial charge in [-0.05, 0) is 56.6 Å². The van der Waals surface area contributed by atoms with Crippen molar-refractivity contribution in [2.24, 2.45) is 5.92 Å². The molecule has 0 N–H and O–H groups in total. The lowest BCUT2D eigenvalue weighted by molar-refractivity contribution is -0.121. The summed E-state index contributed by atoms with van der Waals surface area (Å²) < 4.78 is 0. The molecule has 1 amide bonds. The molecule has 1 saturated carbocycles. The predicted molar refractivity (Wildman–Crippen MR) is 103 cm³/mol. The van der Waals surface area contributed by atoms with Crippen LogP contribution in [0, 0.1) is 12.8 Å². The Morgan fingerprint density at radius 2 is 2.08 bits per heavy atom. The van der Waals surface area contributed by atoms with Crippen molar-refractivity contribution in [3.05, 3.63) is 22.8 Å². The van der Waals surface area contributed by atoms with Crippen LogP contribution in [0.25, 0.3) is 0 Å². The zero-order chi connectivity index (χ0) is 17.6. The molecule has 4 nitrogen and oxygen atoms in total. The Morgan fingerprint density at radius 3 is 2.80 bits per heavy atom. The van der Waals surface area contributed by atoms with Gasteiger partial charge in [0.15, 0.2) is 0 Å². The van der Waals surface area contributed by atoms with Gasteiger partial charge < -0.3 is 9.80 Å². The Balaban J connectivity index is 1.55. The van der Waals surface area contributed by atoms with Gasteiger partial charge in [-0.15, -0.1) is 0 Å². The highest BCUT2D eigenvalue weighted by molar-refractivity contribution is 6.30. The minimum atomic E-state index is 0.478. The van der Waals surface area contributed by atoms with Gasteiger partial charge in [0.1, 0.15) is 5.82 Å². The number of anilines is 1. The van der Waals surface area contributed by atoms with E-state index in [1.165, 1.54) is 44.9 Å². The summed E-state index contributed by atoms with van der Waals surface area (Å²) in [5.74, 6) is 1.70. The summed E-state index contributed by atoms with van der Waals surface area (Å²) in [4.78, 5) is 20.5. The molecule has 1 saturated heterocycles. The van der Waals surface area contributed by atoms with E-state index in [0.29, 0.717) is 17.0 Å². The molecule has 2 heterocycles. The van der Waals surface area contributed by atoms with Crippen molar-refractivity contribution < 1.29 is 4.79 Å². The molecule has 1 unspecified atom stereocenters. The fourth-order valence-electron chi connectivity index (χ4n) is 4.42. The van der Waals surface area contributed by atoms with Crippen LogP contribution < -0.4 is 4.90 Å². The topological polar surface area (TPSA) is 36.4 Å². The van der Waals surface area contributed by atoms with E-state index in [2.05, 4.69) is 21.7 Å². The molecule has 138 valence electrons. The predicted octanol–water partition coefficient (Wildman–Crippen LogP) is 4.44. The van der Waals surface area contributed by atoms with Gasteiger partial charge in [0.2, 0.25) is 6.41 Å². The highest BCUT2D eigenvalue weighted by Crippen LogP contribution is 2.28. The van der Waals surface area contributed by atoms with E-state index in [9.17, 15) is 4.79 Å². The minimum Gasteiger partial charge on any atom is -0.356 e. The van der Waals surface area contributed by atoms with E-state index in [1.807, 2.05) is 6.07 Å². The average molecular weight is 364 g/mol. The van der Waals surface area contributed by atoms with Crippen LogP contribution in [-0.2, 0) is 4.79 Å². The van der Waals surface area contributed by atoms with Gasteiger partial charge in [-0.3, -0.25) is 4.79 Å². The van der Waals surface area contributed by atoms with Crippen LogP contribution in [0.1, 0.15) is 56.9 Å². The quantitative estimate of drug-likeness (QED) is 0.701. The number of hydrogen-bond acceptors (Lipinski definition) is 3. The van der Waals surface area contributed by atoms with E-state index < -0.39 is 0 Å². The first-order chi connectivity index (χ1) is 12.2. The minimum absolute atomic E-state index is 0.478. The molecule has 0 bridgehead atoms. The lowest BCUT2D eigenvalue weighted by Gasteiger charge is -2.36. The monoisotopic (exact) mass is 363 g/mol. The van der Waals surface area contributed by atoms with E-state index in [4.69, 9.17) is 11.6 Å². The van der Waals surface area contributed by atoms with Crippen molar-refractivity contribution in [1.82, 2.24) is 9.88 Å². The van der Waals surface area contributed by atoms with Crippen LogP contribution in [0.2, 0.25) is 5.02 Å². The normalized spacial score (nSPS) is 22.0. The molecule has 1 aliphatic heterocycles. The highest BCUT2D eigenvalue weighted by atomic mass is 35.5. The highest BCUT2D eigenvalue weighted by Gasteiger charge is 2.24. The molecule has 1 atom stereocenters.